The first-order valence-electron chi connectivity index (χ1n) is 6.67. The summed E-state index contributed by atoms with van der Waals surface area (Å²) in [6.45, 7) is 5.75. The molecule has 6 nitrogen and oxygen atoms in total. The summed E-state index contributed by atoms with van der Waals surface area (Å²) in [7, 11) is -2.20. The first-order valence-corrected chi connectivity index (χ1v) is 8.13. The maximum atomic E-state index is 12.2. The maximum Gasteiger partial charge on any atom is 0.475 e. The van der Waals surface area contributed by atoms with E-state index in [0.29, 0.717) is 5.56 Å². The zero-order chi connectivity index (χ0) is 15.9. The van der Waals surface area contributed by atoms with Crippen molar-refractivity contribution in [1.82, 2.24) is 0 Å². The lowest BCUT2D eigenvalue weighted by Gasteiger charge is -2.16. The van der Waals surface area contributed by atoms with E-state index in [1.165, 1.54) is 7.11 Å². The van der Waals surface area contributed by atoms with Gasteiger partial charge in [0.15, 0.2) is 0 Å². The lowest BCUT2D eigenvalue weighted by atomic mass is 10.1. The summed E-state index contributed by atoms with van der Waals surface area (Å²) >= 11 is 0. The molecule has 0 heterocycles. The number of hydrogen-bond acceptors (Lipinski definition) is 6. The number of benzene rings is 1. The average Bonchev–Trinajstić information content (AvgIpc) is 2.45. The van der Waals surface area contributed by atoms with Crippen molar-refractivity contribution in [3.05, 3.63) is 34.9 Å². The predicted molar refractivity (Wildman–Crippen MR) is 78.2 cm³/mol. The minimum absolute atomic E-state index is 0.0690. The number of carbonyl (C=O) groups excluding carboxylic acids is 1. The van der Waals surface area contributed by atoms with Gasteiger partial charge in [-0.05, 0) is 38.0 Å². The molecule has 118 valence electrons. The summed E-state index contributed by atoms with van der Waals surface area (Å²) < 4.78 is 32.2. The van der Waals surface area contributed by atoms with Crippen LogP contribution in [0.25, 0.3) is 0 Å². The van der Waals surface area contributed by atoms with Crippen LogP contribution in [0.15, 0.2) is 18.2 Å². The van der Waals surface area contributed by atoms with E-state index in [9.17, 15) is 9.36 Å². The Balaban J connectivity index is 2.77. The lowest BCUT2D eigenvalue weighted by molar-refractivity contribution is 0.0599. The van der Waals surface area contributed by atoms with Crippen LogP contribution in [-0.2, 0) is 29.5 Å². The molecule has 1 aromatic rings. The molecule has 21 heavy (non-hydrogen) atoms. The van der Waals surface area contributed by atoms with Crippen LogP contribution in [-0.4, -0.2) is 26.3 Å². The number of hydrogen-bond donors (Lipinski definition) is 0. The number of phosphoric ester groups is 1. The highest BCUT2D eigenvalue weighted by molar-refractivity contribution is 7.48. The van der Waals surface area contributed by atoms with Crippen LogP contribution in [0.3, 0.4) is 0 Å². The summed E-state index contributed by atoms with van der Waals surface area (Å²) in [5, 5.41) is 0. The quantitative estimate of drug-likeness (QED) is 0.540. The van der Waals surface area contributed by atoms with E-state index in [-0.39, 0.29) is 19.8 Å². The Labute approximate surface area is 125 Å². The molecule has 0 fully saturated rings. The van der Waals surface area contributed by atoms with E-state index in [0.717, 1.165) is 11.1 Å². The van der Waals surface area contributed by atoms with Gasteiger partial charge in [0.1, 0.15) is 0 Å². The summed E-state index contributed by atoms with van der Waals surface area (Å²) in [5.41, 5.74) is 2.00. The number of ether oxygens (including phenoxy) is 1. The summed E-state index contributed by atoms with van der Waals surface area (Å²) in [4.78, 5) is 11.5. The fraction of sp³-hybridized carbons (Fsp3) is 0.500. The molecule has 0 radical (unpaired) electrons. The minimum Gasteiger partial charge on any atom is -0.465 e. The van der Waals surface area contributed by atoms with Crippen LogP contribution in [0.5, 0.6) is 0 Å². The van der Waals surface area contributed by atoms with Gasteiger partial charge in [-0.25, -0.2) is 9.36 Å². The van der Waals surface area contributed by atoms with Crippen molar-refractivity contribution in [2.24, 2.45) is 0 Å². The van der Waals surface area contributed by atoms with Gasteiger partial charge in [-0.15, -0.1) is 0 Å². The highest BCUT2D eigenvalue weighted by Gasteiger charge is 2.25. The highest BCUT2D eigenvalue weighted by Crippen LogP contribution is 2.49. The van der Waals surface area contributed by atoms with E-state index in [1.807, 2.05) is 0 Å². The fourth-order valence-electron chi connectivity index (χ4n) is 1.74. The smallest absolute Gasteiger partial charge is 0.465 e. The molecule has 0 aliphatic rings. The number of esters is 1. The largest absolute Gasteiger partial charge is 0.475 e. The van der Waals surface area contributed by atoms with Gasteiger partial charge in [0, 0.05) is 0 Å². The maximum absolute atomic E-state index is 12.2. The highest BCUT2D eigenvalue weighted by atomic mass is 31.2. The topological polar surface area (TPSA) is 71.1 Å². The zero-order valence-electron chi connectivity index (χ0n) is 12.8. The Morgan fingerprint density at radius 3 is 2.24 bits per heavy atom. The molecular formula is C14H21O6P. The first kappa shape index (κ1) is 17.9. The normalized spacial score (nSPS) is 11.4. The summed E-state index contributed by atoms with van der Waals surface area (Å²) in [5.74, 6) is -0.394. The Morgan fingerprint density at radius 2 is 1.76 bits per heavy atom. The summed E-state index contributed by atoms with van der Waals surface area (Å²) in [6, 6.07) is 5.13. The molecule has 0 spiro atoms. The fourth-order valence-corrected chi connectivity index (χ4v) is 2.90. The second kappa shape index (κ2) is 8.29. The molecule has 1 rings (SSSR count). The molecule has 0 N–H and O–H groups in total. The Bertz CT molecular complexity index is 518. The standard InChI is InChI=1S/C14H21O6P/c1-5-18-21(16,19-6-2)20-10-12-7-8-13(11(3)9-12)14(15)17-4/h7-9H,5-6,10H2,1-4H3. The molecule has 0 aliphatic heterocycles. The molecule has 0 aliphatic carbocycles. The lowest BCUT2D eigenvalue weighted by Crippen LogP contribution is -2.05. The van der Waals surface area contributed by atoms with Gasteiger partial charge in [-0.2, -0.15) is 0 Å². The van der Waals surface area contributed by atoms with Crippen molar-refractivity contribution >= 4 is 13.8 Å². The van der Waals surface area contributed by atoms with Gasteiger partial charge in [0.05, 0.1) is 32.5 Å². The van der Waals surface area contributed by atoms with Gasteiger partial charge in [-0.1, -0.05) is 12.1 Å². The van der Waals surface area contributed by atoms with Crippen LogP contribution in [0.1, 0.15) is 35.3 Å². The molecule has 1 aromatic carbocycles. The molecule has 0 bridgehead atoms. The Morgan fingerprint density at radius 1 is 1.14 bits per heavy atom. The van der Waals surface area contributed by atoms with Crippen LogP contribution in [0.4, 0.5) is 0 Å². The second-order valence-corrected chi connectivity index (χ2v) is 5.87. The minimum atomic E-state index is -3.53. The monoisotopic (exact) mass is 316 g/mol. The molecule has 0 amide bonds. The molecule has 0 aromatic heterocycles. The average molecular weight is 316 g/mol. The van der Waals surface area contributed by atoms with E-state index >= 15 is 0 Å². The van der Waals surface area contributed by atoms with Crippen molar-refractivity contribution in [3.63, 3.8) is 0 Å². The van der Waals surface area contributed by atoms with Gasteiger partial charge in [-0.3, -0.25) is 13.6 Å². The van der Waals surface area contributed by atoms with Gasteiger partial charge < -0.3 is 4.74 Å². The van der Waals surface area contributed by atoms with Crippen LogP contribution >= 0.6 is 7.82 Å². The number of methoxy groups -OCH3 is 1. The zero-order valence-corrected chi connectivity index (χ0v) is 13.6. The third kappa shape index (κ3) is 5.25. The predicted octanol–water partition coefficient (Wildman–Crippen LogP) is 3.48. The van der Waals surface area contributed by atoms with Crippen LogP contribution < -0.4 is 0 Å². The van der Waals surface area contributed by atoms with E-state index in [2.05, 4.69) is 4.74 Å². The van der Waals surface area contributed by atoms with Crippen molar-refractivity contribution < 1.29 is 27.7 Å². The number of carbonyl (C=O) groups is 1. The van der Waals surface area contributed by atoms with Gasteiger partial charge in [0.25, 0.3) is 0 Å². The van der Waals surface area contributed by atoms with E-state index in [4.69, 9.17) is 13.6 Å². The molecule has 7 heteroatoms. The first-order chi connectivity index (χ1) is 9.95. The van der Waals surface area contributed by atoms with Crippen LogP contribution in [0.2, 0.25) is 0 Å². The van der Waals surface area contributed by atoms with Crippen molar-refractivity contribution in [2.45, 2.75) is 27.4 Å². The van der Waals surface area contributed by atoms with Crippen molar-refractivity contribution in [3.8, 4) is 0 Å². The molecule has 0 atom stereocenters. The Kier molecular flexibility index (Phi) is 7.05. The van der Waals surface area contributed by atoms with Crippen molar-refractivity contribution in [1.29, 1.82) is 0 Å². The van der Waals surface area contributed by atoms with Crippen LogP contribution in [0, 0.1) is 6.92 Å². The molecule has 0 saturated carbocycles. The molecular weight excluding hydrogens is 295 g/mol. The number of aryl methyl sites for hydroxylation is 1. The van der Waals surface area contributed by atoms with Gasteiger partial charge >= 0.3 is 13.8 Å². The van der Waals surface area contributed by atoms with E-state index < -0.39 is 13.8 Å². The third-order valence-corrected chi connectivity index (χ3v) is 4.25. The van der Waals surface area contributed by atoms with E-state index in [1.54, 1.807) is 39.0 Å². The second-order valence-electron chi connectivity index (χ2n) is 4.20. The molecule has 0 unspecified atom stereocenters. The third-order valence-electron chi connectivity index (χ3n) is 2.66. The van der Waals surface area contributed by atoms with Crippen molar-refractivity contribution in [2.75, 3.05) is 20.3 Å². The number of phosphoric acid groups is 1. The number of rotatable bonds is 8. The molecule has 0 saturated heterocycles. The van der Waals surface area contributed by atoms with Gasteiger partial charge in [0.2, 0.25) is 0 Å². The summed E-state index contributed by atoms with van der Waals surface area (Å²) in [6.07, 6.45) is 0. The SMILES string of the molecule is CCOP(=O)(OCC)OCc1ccc(C(=O)OC)c(C)c1. The Hall–Kier alpha value is -1.20.